The van der Waals surface area contributed by atoms with Gasteiger partial charge < -0.3 is 5.11 Å². The first-order chi connectivity index (χ1) is 17.2. The molecule has 36 heavy (non-hydrogen) atoms. The van der Waals surface area contributed by atoms with E-state index < -0.39 is 38.5 Å². The highest BCUT2D eigenvalue weighted by molar-refractivity contribution is 7.89. The van der Waals surface area contributed by atoms with Gasteiger partial charge in [-0.2, -0.15) is 13.7 Å². The third-order valence-electron chi connectivity index (χ3n) is 5.64. The second-order valence-corrected chi connectivity index (χ2v) is 11.7. The Morgan fingerprint density at radius 1 is 0.833 bits per heavy atom. The molecule has 3 aromatic carbocycles. The summed E-state index contributed by atoms with van der Waals surface area (Å²) in [6, 6.07) is 20.3. The number of phenols is 1. The molecule has 2 N–H and O–H groups in total. The lowest BCUT2D eigenvalue weighted by Gasteiger charge is -2.38. The Morgan fingerprint density at radius 2 is 1.39 bits per heavy atom. The number of sulfonamides is 2. The fraction of sp³-hybridized carbons (Fsp3) is 0.167. The number of piperazine rings is 1. The Kier molecular flexibility index (Phi) is 7.50. The van der Waals surface area contributed by atoms with Gasteiger partial charge in [0.1, 0.15) is 11.8 Å². The summed E-state index contributed by atoms with van der Waals surface area (Å²) in [6.45, 7) is -0.764. The molecule has 12 heteroatoms. The Labute approximate surface area is 209 Å². The highest BCUT2D eigenvalue weighted by Crippen LogP contribution is 2.25. The maximum absolute atomic E-state index is 13.4. The lowest BCUT2D eigenvalue weighted by Crippen LogP contribution is -2.60. The van der Waals surface area contributed by atoms with E-state index in [1.807, 2.05) is 0 Å². The van der Waals surface area contributed by atoms with Crippen molar-refractivity contribution in [1.29, 1.82) is 0 Å². The molecule has 0 aliphatic carbocycles. The van der Waals surface area contributed by atoms with E-state index in [4.69, 9.17) is 0 Å². The summed E-state index contributed by atoms with van der Waals surface area (Å²) >= 11 is 0. The molecule has 0 spiro atoms. The molecule has 1 saturated heterocycles. The summed E-state index contributed by atoms with van der Waals surface area (Å²) in [6.07, 6.45) is 1.21. The Hall–Kier alpha value is -3.58. The monoisotopic (exact) mass is 528 g/mol. The number of hydrazone groups is 1. The van der Waals surface area contributed by atoms with Crippen LogP contribution in [0.1, 0.15) is 5.56 Å². The van der Waals surface area contributed by atoms with E-state index in [0.29, 0.717) is 5.56 Å². The number of carbonyl (C=O) groups is 1. The Bertz CT molecular complexity index is 1460. The molecule has 1 heterocycles. The van der Waals surface area contributed by atoms with Crippen molar-refractivity contribution in [3.05, 3.63) is 90.5 Å². The minimum Gasteiger partial charge on any atom is -0.507 e. The molecule has 4 rings (SSSR count). The highest BCUT2D eigenvalue weighted by atomic mass is 32.2. The van der Waals surface area contributed by atoms with Gasteiger partial charge in [0.25, 0.3) is 5.91 Å². The molecular weight excluding hydrogens is 504 g/mol. The number of hydrogen-bond donors (Lipinski definition) is 2. The van der Waals surface area contributed by atoms with Crippen molar-refractivity contribution in [2.45, 2.75) is 15.8 Å². The number of carbonyl (C=O) groups excluding carboxylic acids is 1. The predicted molar refractivity (Wildman–Crippen MR) is 133 cm³/mol. The standard InChI is InChI=1S/C24H24N4O6S2/c29-23-14-8-7-9-19(23)17-25-26-24(30)22-18-27(35(31,32)20-10-3-1-4-11-20)15-16-28(22)36(33,34)21-12-5-2-6-13-21/h1-14,17,22,29H,15-16,18H2,(H,26,30)/b25-17-. The maximum Gasteiger partial charge on any atom is 0.259 e. The third kappa shape index (κ3) is 5.31. The molecule has 0 radical (unpaired) electrons. The second-order valence-electron chi connectivity index (χ2n) is 7.91. The Balaban J connectivity index is 1.63. The van der Waals surface area contributed by atoms with Crippen LogP contribution in [0.3, 0.4) is 0 Å². The van der Waals surface area contributed by atoms with Gasteiger partial charge in [0.05, 0.1) is 16.0 Å². The van der Waals surface area contributed by atoms with Crippen molar-refractivity contribution in [1.82, 2.24) is 14.0 Å². The first kappa shape index (κ1) is 25.5. The largest absolute Gasteiger partial charge is 0.507 e. The summed E-state index contributed by atoms with van der Waals surface area (Å²) in [7, 11) is -8.09. The van der Waals surface area contributed by atoms with Crippen LogP contribution in [-0.4, -0.2) is 68.4 Å². The van der Waals surface area contributed by atoms with Gasteiger partial charge in [0.15, 0.2) is 0 Å². The van der Waals surface area contributed by atoms with Gasteiger partial charge in [-0.1, -0.05) is 48.5 Å². The minimum atomic E-state index is -4.11. The van der Waals surface area contributed by atoms with Crippen LogP contribution in [0.5, 0.6) is 5.75 Å². The number of benzene rings is 3. The van der Waals surface area contributed by atoms with Crippen LogP contribution in [0.25, 0.3) is 0 Å². The summed E-state index contributed by atoms with van der Waals surface area (Å²) in [5.74, 6) is -0.865. The smallest absolute Gasteiger partial charge is 0.259 e. The van der Waals surface area contributed by atoms with Crippen LogP contribution in [-0.2, 0) is 24.8 Å². The molecule has 10 nitrogen and oxygen atoms in total. The van der Waals surface area contributed by atoms with Crippen molar-refractivity contribution in [2.24, 2.45) is 5.10 Å². The third-order valence-corrected chi connectivity index (χ3v) is 9.44. The Morgan fingerprint density at radius 3 is 2.00 bits per heavy atom. The molecule has 0 saturated carbocycles. The molecule has 0 aromatic heterocycles. The second kappa shape index (κ2) is 10.6. The quantitative estimate of drug-likeness (QED) is 0.353. The van der Waals surface area contributed by atoms with Crippen LogP contribution in [0.15, 0.2) is 99.8 Å². The molecular formula is C24H24N4O6S2. The van der Waals surface area contributed by atoms with E-state index in [1.54, 1.807) is 54.6 Å². The fourth-order valence-corrected chi connectivity index (χ4v) is 6.82. The van der Waals surface area contributed by atoms with Crippen LogP contribution in [0.2, 0.25) is 0 Å². The number of nitrogens with one attached hydrogen (secondary N) is 1. The van der Waals surface area contributed by atoms with Crippen molar-refractivity contribution in [3.8, 4) is 5.75 Å². The number of amides is 1. The van der Waals surface area contributed by atoms with Crippen LogP contribution in [0, 0.1) is 0 Å². The molecule has 1 unspecified atom stereocenters. The van der Waals surface area contributed by atoms with Gasteiger partial charge in [-0.05, 0) is 36.4 Å². The number of phenolic OH excluding ortho intramolecular Hbond substituents is 1. The first-order valence-electron chi connectivity index (χ1n) is 10.9. The summed E-state index contributed by atoms with van der Waals surface area (Å²) in [4.78, 5) is 13.2. The molecule has 1 atom stereocenters. The van der Waals surface area contributed by atoms with E-state index in [9.17, 15) is 26.7 Å². The van der Waals surface area contributed by atoms with Crippen LogP contribution < -0.4 is 5.43 Å². The molecule has 188 valence electrons. The number of rotatable bonds is 7. The van der Waals surface area contributed by atoms with Crippen LogP contribution >= 0.6 is 0 Å². The zero-order valence-corrected chi connectivity index (χ0v) is 20.6. The van der Waals surface area contributed by atoms with Crippen LogP contribution in [0.4, 0.5) is 0 Å². The topological polar surface area (TPSA) is 136 Å². The van der Waals surface area contributed by atoms with E-state index in [-0.39, 0.29) is 28.6 Å². The molecule has 1 aliphatic rings. The SMILES string of the molecule is O=C(N/N=C\c1ccccc1O)C1CN(S(=O)(=O)c2ccccc2)CCN1S(=O)(=O)c1ccccc1. The van der Waals surface area contributed by atoms with E-state index in [2.05, 4.69) is 10.5 Å². The summed E-state index contributed by atoms with van der Waals surface area (Å²) < 4.78 is 55.2. The summed E-state index contributed by atoms with van der Waals surface area (Å²) in [5.41, 5.74) is 2.62. The number of para-hydroxylation sites is 1. The van der Waals surface area contributed by atoms with E-state index >= 15 is 0 Å². The molecule has 1 amide bonds. The maximum atomic E-state index is 13.4. The number of hydrogen-bond acceptors (Lipinski definition) is 7. The predicted octanol–water partition coefficient (Wildman–Crippen LogP) is 1.61. The average molecular weight is 529 g/mol. The lowest BCUT2D eigenvalue weighted by atomic mass is 10.2. The zero-order chi connectivity index (χ0) is 25.8. The van der Waals surface area contributed by atoms with Gasteiger partial charge in [-0.3, -0.25) is 4.79 Å². The molecule has 1 fully saturated rings. The fourth-order valence-electron chi connectivity index (χ4n) is 3.77. The van der Waals surface area contributed by atoms with Crippen molar-refractivity contribution >= 4 is 32.2 Å². The van der Waals surface area contributed by atoms with Gasteiger partial charge in [0.2, 0.25) is 20.0 Å². The first-order valence-corrected chi connectivity index (χ1v) is 13.8. The lowest BCUT2D eigenvalue weighted by molar-refractivity contribution is -0.125. The highest BCUT2D eigenvalue weighted by Gasteiger charge is 2.43. The van der Waals surface area contributed by atoms with Gasteiger partial charge in [-0.15, -0.1) is 0 Å². The van der Waals surface area contributed by atoms with E-state index in [0.717, 1.165) is 8.61 Å². The molecule has 3 aromatic rings. The van der Waals surface area contributed by atoms with Gasteiger partial charge in [-0.25, -0.2) is 22.3 Å². The molecule has 1 aliphatic heterocycles. The molecule has 0 bridgehead atoms. The minimum absolute atomic E-state index is 0.0140. The summed E-state index contributed by atoms with van der Waals surface area (Å²) in [5, 5.41) is 13.7. The van der Waals surface area contributed by atoms with Crippen molar-refractivity contribution in [2.75, 3.05) is 19.6 Å². The average Bonchev–Trinajstić information content (AvgIpc) is 2.90. The number of aromatic hydroxyl groups is 1. The number of nitrogens with zero attached hydrogens (tertiary/aromatic N) is 3. The zero-order valence-electron chi connectivity index (χ0n) is 19.0. The normalized spacial score (nSPS) is 17.7. The van der Waals surface area contributed by atoms with Gasteiger partial charge in [0, 0.05) is 25.2 Å². The van der Waals surface area contributed by atoms with E-state index in [1.165, 1.54) is 36.5 Å². The van der Waals surface area contributed by atoms with Crippen molar-refractivity contribution in [3.63, 3.8) is 0 Å². The van der Waals surface area contributed by atoms with Gasteiger partial charge >= 0.3 is 0 Å². The van der Waals surface area contributed by atoms with Crippen molar-refractivity contribution < 1.29 is 26.7 Å².